The van der Waals surface area contributed by atoms with E-state index in [-0.39, 0.29) is 6.61 Å². The van der Waals surface area contributed by atoms with Gasteiger partial charge in [0.05, 0.1) is 6.61 Å². The molecule has 1 N–H and O–H groups in total. The van der Waals surface area contributed by atoms with E-state index in [9.17, 15) is 0 Å². The van der Waals surface area contributed by atoms with Gasteiger partial charge in [-0.2, -0.15) is 0 Å². The average Bonchev–Trinajstić information content (AvgIpc) is 2.59. The molecule has 0 atom stereocenters. The first-order valence-corrected chi connectivity index (χ1v) is 6.65. The Balaban J connectivity index is 1.92. The van der Waals surface area contributed by atoms with Crippen LogP contribution in [0.5, 0.6) is 0 Å². The summed E-state index contributed by atoms with van der Waals surface area (Å²) < 4.78 is 0. The lowest BCUT2D eigenvalue weighted by atomic mass is 10.1. The molecule has 0 amide bonds. The summed E-state index contributed by atoms with van der Waals surface area (Å²) in [6.07, 6.45) is 0. The van der Waals surface area contributed by atoms with Gasteiger partial charge in [-0.25, -0.2) is 0 Å². The van der Waals surface area contributed by atoms with Gasteiger partial charge in [-0.05, 0) is 65.4 Å². The predicted octanol–water partition coefficient (Wildman–Crippen LogP) is 2.59. The van der Waals surface area contributed by atoms with Crippen molar-refractivity contribution in [3.05, 3.63) is 71.3 Å². The van der Waals surface area contributed by atoms with Gasteiger partial charge in [0, 0.05) is 11.1 Å². The van der Waals surface area contributed by atoms with Crippen molar-refractivity contribution in [1.82, 2.24) is 0 Å². The van der Waals surface area contributed by atoms with Crippen molar-refractivity contribution in [3.8, 4) is 47.4 Å². The van der Waals surface area contributed by atoms with Crippen LogP contribution in [0, 0.1) is 47.4 Å². The van der Waals surface area contributed by atoms with Crippen molar-refractivity contribution in [3.63, 3.8) is 0 Å². The van der Waals surface area contributed by atoms with Crippen LogP contribution in [0.2, 0.25) is 0 Å². The molecule has 2 aromatic rings. The largest absolute Gasteiger partial charge is 0.392 e. The third-order valence-corrected chi connectivity index (χ3v) is 2.64. The summed E-state index contributed by atoms with van der Waals surface area (Å²) in [4.78, 5) is 0. The Bertz CT molecular complexity index is 860. The van der Waals surface area contributed by atoms with Gasteiger partial charge < -0.3 is 5.11 Å². The maximum absolute atomic E-state index is 8.93. The Hall–Kier alpha value is -3.36. The van der Waals surface area contributed by atoms with E-state index >= 15 is 0 Å². The molecule has 0 aromatic heterocycles. The summed E-state index contributed by atoms with van der Waals surface area (Å²) in [5.41, 5.74) is 2.64. The maximum Gasteiger partial charge on any atom is 0.0681 e. The third-order valence-electron chi connectivity index (χ3n) is 2.64. The van der Waals surface area contributed by atoms with Crippen LogP contribution in [0.1, 0.15) is 16.7 Å². The first-order valence-electron chi connectivity index (χ1n) is 6.65. The molecule has 0 bridgehead atoms. The molecule has 0 unspecified atom stereocenters. The molecule has 2 rings (SSSR count). The summed E-state index contributed by atoms with van der Waals surface area (Å²) in [7, 11) is 0. The van der Waals surface area contributed by atoms with E-state index in [2.05, 4.69) is 47.4 Å². The van der Waals surface area contributed by atoms with Crippen LogP contribution >= 0.6 is 0 Å². The Morgan fingerprint density at radius 3 is 1.64 bits per heavy atom. The number of hydrogen-bond acceptors (Lipinski definition) is 1. The van der Waals surface area contributed by atoms with Crippen molar-refractivity contribution in [2.45, 2.75) is 6.61 Å². The molecule has 1 heteroatoms. The fourth-order valence-corrected chi connectivity index (χ4v) is 1.55. The molecule has 0 spiro atoms. The first-order chi connectivity index (χ1) is 10.9. The average molecular weight is 280 g/mol. The zero-order valence-corrected chi connectivity index (χ0v) is 11.9. The van der Waals surface area contributed by atoms with E-state index < -0.39 is 0 Å². The minimum absolute atomic E-state index is 0.0348. The molecule has 0 aliphatic rings. The topological polar surface area (TPSA) is 20.2 Å². The number of aliphatic hydroxyl groups excluding tert-OH is 1. The minimum atomic E-state index is 0.0348. The van der Waals surface area contributed by atoms with E-state index in [0.29, 0.717) is 0 Å². The molecular formula is C21H12O. The number of rotatable bonds is 1. The summed E-state index contributed by atoms with van der Waals surface area (Å²) in [6, 6.07) is 17.0. The zero-order valence-electron chi connectivity index (χ0n) is 11.9. The van der Waals surface area contributed by atoms with Crippen LogP contribution in [0.25, 0.3) is 0 Å². The molecular weight excluding hydrogens is 268 g/mol. The van der Waals surface area contributed by atoms with Gasteiger partial charge in [0.15, 0.2) is 0 Å². The highest BCUT2D eigenvalue weighted by Gasteiger charge is 1.88. The van der Waals surface area contributed by atoms with Crippen LogP contribution < -0.4 is 0 Å². The fourth-order valence-electron chi connectivity index (χ4n) is 1.55. The molecule has 0 saturated heterocycles. The van der Waals surface area contributed by atoms with Gasteiger partial charge in [0.2, 0.25) is 0 Å². The van der Waals surface area contributed by atoms with E-state index in [0.717, 1.165) is 16.7 Å². The van der Waals surface area contributed by atoms with Crippen LogP contribution in [-0.2, 0) is 6.61 Å². The summed E-state index contributed by atoms with van der Waals surface area (Å²) in [5.74, 6) is 21.9. The van der Waals surface area contributed by atoms with Crippen molar-refractivity contribution < 1.29 is 5.11 Å². The van der Waals surface area contributed by atoms with E-state index in [1.165, 1.54) is 0 Å². The highest BCUT2D eigenvalue weighted by molar-refractivity contribution is 5.46. The summed E-state index contributed by atoms with van der Waals surface area (Å²) in [5, 5.41) is 8.93. The molecule has 0 saturated carbocycles. The number of hydrogen-bond donors (Lipinski definition) is 1. The van der Waals surface area contributed by atoms with E-state index in [1.807, 2.05) is 54.6 Å². The van der Waals surface area contributed by atoms with Crippen LogP contribution in [-0.4, -0.2) is 5.11 Å². The van der Waals surface area contributed by atoms with Crippen LogP contribution in [0.15, 0.2) is 54.6 Å². The van der Waals surface area contributed by atoms with Gasteiger partial charge in [-0.3, -0.25) is 0 Å². The van der Waals surface area contributed by atoms with E-state index in [4.69, 9.17) is 5.11 Å². The van der Waals surface area contributed by atoms with E-state index in [1.54, 1.807) is 0 Å². The molecule has 1 nitrogen and oxygen atoms in total. The minimum Gasteiger partial charge on any atom is -0.392 e. The highest BCUT2D eigenvalue weighted by atomic mass is 16.3. The molecule has 2 aromatic carbocycles. The van der Waals surface area contributed by atoms with Crippen molar-refractivity contribution in [2.75, 3.05) is 0 Å². The Morgan fingerprint density at radius 2 is 1.09 bits per heavy atom. The van der Waals surface area contributed by atoms with Crippen LogP contribution in [0.4, 0.5) is 0 Å². The van der Waals surface area contributed by atoms with Crippen molar-refractivity contribution in [2.24, 2.45) is 0 Å². The summed E-state index contributed by atoms with van der Waals surface area (Å²) in [6.45, 7) is 0.0348. The predicted molar refractivity (Wildman–Crippen MR) is 88.1 cm³/mol. The molecule has 102 valence electrons. The second kappa shape index (κ2) is 8.74. The Labute approximate surface area is 131 Å². The molecule has 0 fully saturated rings. The maximum atomic E-state index is 8.93. The zero-order chi connectivity index (χ0) is 15.5. The van der Waals surface area contributed by atoms with Gasteiger partial charge in [-0.1, -0.05) is 42.2 Å². The smallest absolute Gasteiger partial charge is 0.0681 e. The van der Waals surface area contributed by atoms with Crippen molar-refractivity contribution in [1.29, 1.82) is 0 Å². The first kappa shape index (κ1) is 15.0. The Morgan fingerprint density at radius 1 is 0.591 bits per heavy atom. The molecule has 0 radical (unpaired) electrons. The second-order valence-corrected chi connectivity index (χ2v) is 4.22. The lowest BCUT2D eigenvalue weighted by Crippen LogP contribution is -1.81. The lowest BCUT2D eigenvalue weighted by Gasteiger charge is -1.93. The monoisotopic (exact) mass is 280 g/mol. The van der Waals surface area contributed by atoms with Crippen LogP contribution in [0.3, 0.4) is 0 Å². The third kappa shape index (κ3) is 5.33. The van der Waals surface area contributed by atoms with Crippen molar-refractivity contribution >= 4 is 0 Å². The van der Waals surface area contributed by atoms with Gasteiger partial charge in [0.1, 0.15) is 0 Å². The standard InChI is InChI=1S/C21H12O/c22-18-21-16-14-20(15-17-21)13-7-4-2-1-3-6-10-19-11-8-5-9-12-19/h5,8-9,11-12,14-17,22H,18H2. The van der Waals surface area contributed by atoms with Gasteiger partial charge in [0.25, 0.3) is 0 Å². The number of benzene rings is 2. The second-order valence-electron chi connectivity index (χ2n) is 4.22. The molecule has 0 aliphatic carbocycles. The summed E-state index contributed by atoms with van der Waals surface area (Å²) >= 11 is 0. The normalized spacial score (nSPS) is 7.86. The SMILES string of the molecule is OCc1ccc(C#CC#CC#CC#Cc2ccccc2)cc1. The lowest BCUT2D eigenvalue weighted by molar-refractivity contribution is 0.282. The van der Waals surface area contributed by atoms with Gasteiger partial charge in [-0.15, -0.1) is 0 Å². The fraction of sp³-hybridized carbons (Fsp3) is 0.0476. The molecule has 22 heavy (non-hydrogen) atoms. The molecule has 0 aliphatic heterocycles. The highest BCUT2D eigenvalue weighted by Crippen LogP contribution is 2.02. The number of aliphatic hydroxyl groups is 1. The quantitative estimate of drug-likeness (QED) is 0.796. The van der Waals surface area contributed by atoms with Gasteiger partial charge >= 0.3 is 0 Å². The molecule has 0 heterocycles. The Kier molecular flexibility index (Phi) is 5.97.